The van der Waals surface area contributed by atoms with Crippen molar-refractivity contribution in [2.75, 3.05) is 14.2 Å². The van der Waals surface area contributed by atoms with Crippen LogP contribution in [0.4, 0.5) is 4.39 Å². The number of methoxy groups -OCH3 is 2. The number of rotatable bonds is 5. The van der Waals surface area contributed by atoms with Gasteiger partial charge >= 0.3 is 0 Å². The molecule has 0 bridgehead atoms. The Hall–Kier alpha value is -2.40. The smallest absolute Gasteiger partial charge is 0.165 e. The molecule has 0 saturated heterocycles. The first kappa shape index (κ1) is 17.4. The number of aromatic nitrogens is 2. The summed E-state index contributed by atoms with van der Waals surface area (Å²) >= 11 is 6.20. The second-order valence-corrected chi connectivity index (χ2v) is 5.80. The zero-order chi connectivity index (χ0) is 18.0. The first-order valence-corrected chi connectivity index (χ1v) is 8.09. The molecule has 0 saturated carbocycles. The molecule has 4 nitrogen and oxygen atoms in total. The van der Waals surface area contributed by atoms with Crippen molar-refractivity contribution >= 4 is 28.1 Å². The number of ether oxygens (including phenoxy) is 2. The summed E-state index contributed by atoms with van der Waals surface area (Å²) < 4.78 is 24.9. The Morgan fingerprint density at radius 1 is 1.32 bits per heavy atom. The van der Waals surface area contributed by atoms with Crippen LogP contribution in [0, 0.1) is 6.42 Å². The van der Waals surface area contributed by atoms with E-state index in [0.29, 0.717) is 41.1 Å². The highest BCUT2D eigenvalue weighted by Crippen LogP contribution is 2.42. The summed E-state index contributed by atoms with van der Waals surface area (Å²) in [6.07, 6.45) is 7.44. The molecular formula is C19H17ClFN2O2. The standard InChI is InChI=1S/C19H17ClFN2O2/c1-4-6-11-16-14(9-15(24-2)19(11)25-3)22-10-23-18(16)12-7-5-8-13(21)17(12)20/h4,7-10H,1,5-6H2,2-3H3. The number of fused-ring (bicyclic) bond motifs is 1. The lowest BCUT2D eigenvalue weighted by Crippen LogP contribution is -2.04. The number of benzene rings is 1. The van der Waals surface area contributed by atoms with Gasteiger partial charge in [-0.25, -0.2) is 14.4 Å². The van der Waals surface area contributed by atoms with Gasteiger partial charge in [-0.15, -0.1) is 6.58 Å². The highest BCUT2D eigenvalue weighted by molar-refractivity contribution is 6.35. The zero-order valence-electron chi connectivity index (χ0n) is 14.0. The maximum atomic E-state index is 14.0. The lowest BCUT2D eigenvalue weighted by Gasteiger charge is -2.19. The Labute approximate surface area is 150 Å². The third-order valence-corrected chi connectivity index (χ3v) is 4.42. The number of hydrogen-bond donors (Lipinski definition) is 0. The molecule has 1 aromatic carbocycles. The minimum atomic E-state index is -0.448. The normalized spacial score (nSPS) is 14.5. The predicted molar refractivity (Wildman–Crippen MR) is 97.4 cm³/mol. The van der Waals surface area contributed by atoms with Gasteiger partial charge in [-0.2, -0.15) is 0 Å². The second-order valence-electron chi connectivity index (χ2n) is 5.42. The monoisotopic (exact) mass is 359 g/mol. The van der Waals surface area contributed by atoms with Gasteiger partial charge < -0.3 is 9.47 Å². The molecular weight excluding hydrogens is 343 g/mol. The molecule has 25 heavy (non-hydrogen) atoms. The summed E-state index contributed by atoms with van der Waals surface area (Å²) in [4.78, 5) is 8.72. The second kappa shape index (κ2) is 7.23. The molecule has 0 fully saturated rings. The van der Waals surface area contributed by atoms with Gasteiger partial charge in [0.25, 0.3) is 0 Å². The molecule has 0 unspecified atom stereocenters. The van der Waals surface area contributed by atoms with Gasteiger partial charge in [0.05, 0.1) is 30.5 Å². The maximum absolute atomic E-state index is 14.0. The maximum Gasteiger partial charge on any atom is 0.165 e. The molecule has 129 valence electrons. The van der Waals surface area contributed by atoms with Crippen LogP contribution in [0.2, 0.25) is 0 Å². The van der Waals surface area contributed by atoms with Crippen molar-refractivity contribution in [3.63, 3.8) is 0 Å². The molecule has 0 amide bonds. The van der Waals surface area contributed by atoms with Crippen LogP contribution < -0.4 is 9.47 Å². The van der Waals surface area contributed by atoms with E-state index in [1.165, 1.54) is 12.4 Å². The number of halogens is 2. The Balaban J connectivity index is 2.40. The van der Waals surface area contributed by atoms with E-state index in [9.17, 15) is 4.39 Å². The van der Waals surface area contributed by atoms with Crippen molar-refractivity contribution in [1.82, 2.24) is 9.97 Å². The molecule has 1 aromatic heterocycles. The molecule has 0 N–H and O–H groups in total. The van der Waals surface area contributed by atoms with Crippen LogP contribution in [0.15, 0.2) is 42.0 Å². The SMILES string of the molecule is C=CCc1c(OC)c(OC)cc2ncnc(C3=C(Cl)C(F)=CC[CH]3)c12. The van der Waals surface area contributed by atoms with Gasteiger partial charge in [0.15, 0.2) is 11.5 Å². The van der Waals surface area contributed by atoms with Crippen LogP contribution in [-0.2, 0) is 6.42 Å². The Kier molecular flexibility index (Phi) is 5.04. The van der Waals surface area contributed by atoms with Gasteiger partial charge in [0, 0.05) is 22.6 Å². The molecule has 6 heteroatoms. The molecule has 1 radical (unpaired) electrons. The molecule has 0 spiro atoms. The summed E-state index contributed by atoms with van der Waals surface area (Å²) in [6, 6.07) is 1.77. The van der Waals surface area contributed by atoms with Crippen molar-refractivity contribution in [2.24, 2.45) is 0 Å². The van der Waals surface area contributed by atoms with Gasteiger partial charge in [-0.1, -0.05) is 17.7 Å². The molecule has 3 rings (SSSR count). The fraction of sp³-hybridized carbons (Fsp3) is 0.211. The van der Waals surface area contributed by atoms with Crippen molar-refractivity contribution in [3.8, 4) is 11.5 Å². The van der Waals surface area contributed by atoms with Crippen LogP contribution in [0.25, 0.3) is 16.5 Å². The highest BCUT2D eigenvalue weighted by Gasteiger charge is 2.23. The molecule has 2 aromatic rings. The van der Waals surface area contributed by atoms with Gasteiger partial charge in [-0.05, 0) is 25.3 Å². The van der Waals surface area contributed by atoms with Crippen LogP contribution in [0.3, 0.4) is 0 Å². The average Bonchev–Trinajstić information content (AvgIpc) is 2.63. The zero-order valence-corrected chi connectivity index (χ0v) is 14.7. The third-order valence-electron chi connectivity index (χ3n) is 4.04. The minimum Gasteiger partial charge on any atom is -0.493 e. The van der Waals surface area contributed by atoms with E-state index in [2.05, 4.69) is 16.5 Å². The van der Waals surface area contributed by atoms with Gasteiger partial charge in [0.1, 0.15) is 12.2 Å². The summed E-state index contributed by atoms with van der Waals surface area (Å²) in [6.45, 7) is 3.81. The van der Waals surface area contributed by atoms with Crippen molar-refractivity contribution in [3.05, 3.63) is 59.7 Å². The predicted octanol–water partition coefficient (Wildman–Crippen LogP) is 4.79. The molecule has 1 aliphatic rings. The quantitative estimate of drug-likeness (QED) is 0.720. The van der Waals surface area contributed by atoms with Crippen LogP contribution in [0.5, 0.6) is 11.5 Å². The minimum absolute atomic E-state index is 0.0468. The summed E-state index contributed by atoms with van der Waals surface area (Å²) in [5.74, 6) is 0.696. The van der Waals surface area contributed by atoms with E-state index in [0.717, 1.165) is 10.9 Å². The molecule has 1 aliphatic carbocycles. The Bertz CT molecular complexity index is 906. The van der Waals surface area contributed by atoms with Crippen LogP contribution in [0.1, 0.15) is 17.7 Å². The summed E-state index contributed by atoms with van der Waals surface area (Å²) in [5, 5.41) is 0.796. The Morgan fingerprint density at radius 2 is 2.12 bits per heavy atom. The van der Waals surface area contributed by atoms with E-state index < -0.39 is 5.83 Å². The summed E-state index contributed by atoms with van der Waals surface area (Å²) in [7, 11) is 3.14. The summed E-state index contributed by atoms with van der Waals surface area (Å²) in [5.41, 5.74) is 2.60. The van der Waals surface area contributed by atoms with E-state index in [4.69, 9.17) is 21.1 Å². The van der Waals surface area contributed by atoms with Gasteiger partial charge in [-0.3, -0.25) is 0 Å². The van der Waals surface area contributed by atoms with Gasteiger partial charge in [0.2, 0.25) is 0 Å². The largest absolute Gasteiger partial charge is 0.493 e. The fourth-order valence-electron chi connectivity index (χ4n) is 2.97. The Morgan fingerprint density at radius 3 is 2.80 bits per heavy atom. The first-order valence-electron chi connectivity index (χ1n) is 7.71. The lowest BCUT2D eigenvalue weighted by molar-refractivity contribution is 0.353. The number of nitrogens with zero attached hydrogens (tertiary/aromatic N) is 2. The van der Waals surface area contributed by atoms with Crippen molar-refractivity contribution in [1.29, 1.82) is 0 Å². The lowest BCUT2D eigenvalue weighted by atomic mass is 9.94. The fourth-order valence-corrected chi connectivity index (χ4v) is 3.21. The first-order chi connectivity index (χ1) is 12.1. The van der Waals surface area contributed by atoms with E-state index in [1.54, 1.807) is 26.4 Å². The van der Waals surface area contributed by atoms with Crippen LogP contribution in [-0.4, -0.2) is 24.2 Å². The molecule has 1 heterocycles. The third kappa shape index (κ3) is 3.00. The topological polar surface area (TPSA) is 44.2 Å². The molecule has 0 atom stereocenters. The number of allylic oxidation sites excluding steroid dienone is 5. The number of hydrogen-bond acceptors (Lipinski definition) is 4. The molecule has 0 aliphatic heterocycles. The van der Waals surface area contributed by atoms with E-state index in [1.807, 2.05) is 6.42 Å². The van der Waals surface area contributed by atoms with Crippen molar-refractivity contribution < 1.29 is 13.9 Å². The van der Waals surface area contributed by atoms with E-state index in [-0.39, 0.29) is 5.03 Å². The van der Waals surface area contributed by atoms with Crippen LogP contribution >= 0.6 is 11.6 Å². The highest BCUT2D eigenvalue weighted by atomic mass is 35.5. The van der Waals surface area contributed by atoms with E-state index >= 15 is 0 Å². The van der Waals surface area contributed by atoms with Crippen molar-refractivity contribution in [2.45, 2.75) is 12.8 Å². The average molecular weight is 360 g/mol.